The van der Waals surface area contributed by atoms with Gasteiger partial charge in [0.2, 0.25) is 0 Å². The molecule has 190 valence electrons. The monoisotopic (exact) mass is 495 g/mol. The minimum Gasteiger partial charge on any atom is -0.355 e. The Morgan fingerprint density at radius 1 is 1.08 bits per heavy atom. The van der Waals surface area contributed by atoms with Crippen LogP contribution in [0.5, 0.6) is 0 Å². The minimum atomic E-state index is 0.0755. The number of aromatic nitrogens is 3. The Bertz CT molecular complexity index is 1500. The summed E-state index contributed by atoms with van der Waals surface area (Å²) in [5.74, 6) is 1.82. The van der Waals surface area contributed by atoms with Crippen molar-refractivity contribution in [3.63, 3.8) is 0 Å². The second-order valence-electron chi connectivity index (χ2n) is 11.1. The number of hydrogen-bond acceptors (Lipinski definition) is 7. The molecule has 1 aliphatic carbocycles. The lowest BCUT2D eigenvalue weighted by atomic mass is 9.73. The van der Waals surface area contributed by atoms with E-state index in [1.807, 2.05) is 19.3 Å². The van der Waals surface area contributed by atoms with Gasteiger partial charge in [0.15, 0.2) is 5.84 Å². The summed E-state index contributed by atoms with van der Waals surface area (Å²) in [6.45, 7) is 5.29. The molecule has 37 heavy (non-hydrogen) atoms. The number of aliphatic imine (C=N–C) groups is 1. The zero-order valence-corrected chi connectivity index (χ0v) is 21.6. The molecular weight excluding hydrogens is 462 g/mol. The van der Waals surface area contributed by atoms with Gasteiger partial charge in [-0.05, 0) is 61.6 Å². The predicted octanol–water partition coefficient (Wildman–Crippen LogP) is 3.04. The third kappa shape index (κ3) is 3.38. The maximum atomic E-state index is 12.7. The van der Waals surface area contributed by atoms with Gasteiger partial charge in [-0.1, -0.05) is 24.3 Å². The van der Waals surface area contributed by atoms with E-state index in [2.05, 4.69) is 41.0 Å². The van der Waals surface area contributed by atoms with Gasteiger partial charge < -0.3 is 20.1 Å². The lowest BCUT2D eigenvalue weighted by Crippen LogP contribution is -2.45. The van der Waals surface area contributed by atoms with Crippen molar-refractivity contribution in [2.75, 3.05) is 29.4 Å². The van der Waals surface area contributed by atoms with E-state index >= 15 is 0 Å². The number of hydrogen-bond donors (Lipinski definition) is 1. The molecule has 5 heterocycles. The smallest absolute Gasteiger partial charge is 0.255 e. The van der Waals surface area contributed by atoms with Crippen molar-refractivity contribution in [2.24, 2.45) is 23.2 Å². The fourth-order valence-corrected chi connectivity index (χ4v) is 6.96. The number of fused-ring (bicyclic) bond motifs is 3. The van der Waals surface area contributed by atoms with E-state index in [1.165, 1.54) is 11.1 Å². The van der Waals surface area contributed by atoms with Gasteiger partial charge in [-0.25, -0.2) is 9.97 Å². The molecule has 8 heteroatoms. The van der Waals surface area contributed by atoms with Crippen LogP contribution in [0.3, 0.4) is 0 Å². The van der Waals surface area contributed by atoms with Crippen molar-refractivity contribution in [1.82, 2.24) is 14.5 Å². The van der Waals surface area contributed by atoms with E-state index in [-0.39, 0.29) is 17.0 Å². The van der Waals surface area contributed by atoms with Gasteiger partial charge in [-0.3, -0.25) is 9.79 Å². The highest BCUT2D eigenvalue weighted by Crippen LogP contribution is 2.51. The van der Waals surface area contributed by atoms with Crippen molar-refractivity contribution in [3.8, 4) is 0 Å². The molecule has 4 aliphatic rings. The highest BCUT2D eigenvalue weighted by atomic mass is 16.1. The molecule has 1 spiro atoms. The van der Waals surface area contributed by atoms with Crippen LogP contribution in [0.1, 0.15) is 59.1 Å². The Morgan fingerprint density at radius 2 is 1.89 bits per heavy atom. The number of nitrogens with two attached hydrogens (primary N) is 1. The van der Waals surface area contributed by atoms with Crippen LogP contribution in [-0.4, -0.2) is 40.0 Å². The maximum Gasteiger partial charge on any atom is 0.255 e. The maximum absolute atomic E-state index is 12.7. The summed E-state index contributed by atoms with van der Waals surface area (Å²) in [6.07, 6.45) is 6.75. The molecule has 3 aromatic rings. The molecule has 0 bridgehead atoms. The Balaban J connectivity index is 1.13. The molecular formula is C29H33N7O. The Hall–Kier alpha value is -3.52. The highest BCUT2D eigenvalue weighted by Gasteiger charge is 2.46. The number of benzene rings is 1. The summed E-state index contributed by atoms with van der Waals surface area (Å²) in [7, 11) is 1.81. The van der Waals surface area contributed by atoms with Gasteiger partial charge in [0.1, 0.15) is 11.5 Å². The van der Waals surface area contributed by atoms with Gasteiger partial charge in [0, 0.05) is 44.5 Å². The van der Waals surface area contributed by atoms with Crippen molar-refractivity contribution in [2.45, 2.75) is 51.6 Å². The molecule has 8 nitrogen and oxygen atoms in total. The second kappa shape index (κ2) is 8.25. The lowest BCUT2D eigenvalue weighted by Gasteiger charge is -2.43. The van der Waals surface area contributed by atoms with Gasteiger partial charge in [-0.2, -0.15) is 0 Å². The van der Waals surface area contributed by atoms with E-state index in [4.69, 9.17) is 20.7 Å². The van der Waals surface area contributed by atoms with Crippen molar-refractivity contribution in [3.05, 3.63) is 80.7 Å². The second-order valence-corrected chi connectivity index (χ2v) is 11.1. The summed E-state index contributed by atoms with van der Waals surface area (Å²) in [6, 6.07) is 10.8. The predicted molar refractivity (Wildman–Crippen MR) is 145 cm³/mol. The lowest BCUT2D eigenvalue weighted by molar-refractivity contribution is 0.187. The molecule has 1 saturated heterocycles. The van der Waals surface area contributed by atoms with E-state index in [0.29, 0.717) is 6.54 Å². The SMILES string of the molecule is Cc1nc2c(nc1N1CCC3(CC1)Cc1ccccc1[C@H]3N)CN=C2N1CCCc2c1ccn(C)c2=O. The highest BCUT2D eigenvalue weighted by molar-refractivity contribution is 6.11. The van der Waals surface area contributed by atoms with Crippen LogP contribution in [-0.2, 0) is 26.4 Å². The Morgan fingerprint density at radius 3 is 2.70 bits per heavy atom. The van der Waals surface area contributed by atoms with E-state index < -0.39 is 0 Å². The van der Waals surface area contributed by atoms with Crippen LogP contribution in [0.4, 0.5) is 11.5 Å². The Labute approximate surface area is 216 Å². The quantitative estimate of drug-likeness (QED) is 0.558. The first-order chi connectivity index (χ1) is 17.9. The molecule has 1 atom stereocenters. The van der Waals surface area contributed by atoms with Crippen molar-refractivity contribution >= 4 is 17.3 Å². The molecule has 7 rings (SSSR count). The van der Waals surface area contributed by atoms with E-state index in [1.54, 1.807) is 4.57 Å². The van der Waals surface area contributed by atoms with E-state index in [0.717, 1.165) is 91.7 Å². The topological polar surface area (TPSA) is 92.6 Å². The van der Waals surface area contributed by atoms with Crippen molar-refractivity contribution in [1.29, 1.82) is 0 Å². The number of amidine groups is 1. The minimum absolute atomic E-state index is 0.0755. The summed E-state index contributed by atoms with van der Waals surface area (Å²) in [4.78, 5) is 32.3. The summed E-state index contributed by atoms with van der Waals surface area (Å²) < 4.78 is 1.66. The first kappa shape index (κ1) is 22.7. The summed E-state index contributed by atoms with van der Waals surface area (Å²) >= 11 is 0. The standard InChI is InChI=1S/C29H33N7O/c1-18-26(35-14-10-29(11-15-35)16-19-6-3-4-7-20(19)25(29)30)33-22-17-31-27(24(22)32-18)36-12-5-8-21-23(36)9-13-34(2)28(21)37/h3-4,6-7,9,13,25H,5,8,10-12,14-17,30H2,1-2H3/t25-/m1/s1. The number of pyridine rings is 1. The van der Waals surface area contributed by atoms with Crippen LogP contribution in [0, 0.1) is 12.3 Å². The molecule has 0 radical (unpaired) electrons. The summed E-state index contributed by atoms with van der Waals surface area (Å²) in [5, 5.41) is 0. The normalized spacial score (nSPS) is 21.6. The average molecular weight is 496 g/mol. The van der Waals surface area contributed by atoms with Crippen LogP contribution in [0.15, 0.2) is 46.3 Å². The number of rotatable bonds is 1. The van der Waals surface area contributed by atoms with E-state index in [9.17, 15) is 4.79 Å². The molecule has 2 N–H and O–H groups in total. The Kier molecular flexibility index (Phi) is 5.05. The molecule has 1 fully saturated rings. The molecule has 0 unspecified atom stereocenters. The average Bonchev–Trinajstić information content (AvgIpc) is 3.44. The molecule has 3 aliphatic heterocycles. The van der Waals surface area contributed by atoms with Gasteiger partial charge >= 0.3 is 0 Å². The fourth-order valence-electron chi connectivity index (χ4n) is 6.96. The zero-order chi connectivity index (χ0) is 25.3. The largest absolute Gasteiger partial charge is 0.355 e. The van der Waals surface area contributed by atoms with Gasteiger partial charge in [-0.15, -0.1) is 0 Å². The van der Waals surface area contributed by atoms with Gasteiger partial charge in [0.05, 0.1) is 23.6 Å². The molecule has 1 aromatic carbocycles. The molecule has 0 saturated carbocycles. The zero-order valence-electron chi connectivity index (χ0n) is 21.6. The first-order valence-electron chi connectivity index (χ1n) is 13.4. The molecule has 2 aromatic heterocycles. The van der Waals surface area contributed by atoms with Crippen LogP contribution < -0.4 is 21.1 Å². The third-order valence-corrected chi connectivity index (χ3v) is 9.06. The molecule has 0 amide bonds. The van der Waals surface area contributed by atoms with Crippen LogP contribution in [0.25, 0.3) is 0 Å². The third-order valence-electron chi connectivity index (χ3n) is 9.06. The number of aryl methyl sites for hydroxylation is 2. The number of anilines is 2. The van der Waals surface area contributed by atoms with Crippen LogP contribution >= 0.6 is 0 Å². The number of nitrogens with zero attached hydrogens (tertiary/aromatic N) is 6. The van der Waals surface area contributed by atoms with Gasteiger partial charge in [0.25, 0.3) is 5.56 Å². The summed E-state index contributed by atoms with van der Waals surface area (Å²) in [5.41, 5.74) is 14.3. The fraction of sp³-hybridized carbons (Fsp3) is 0.448. The number of piperidine rings is 1. The van der Waals surface area contributed by atoms with Crippen molar-refractivity contribution < 1.29 is 0 Å². The van der Waals surface area contributed by atoms with Crippen LogP contribution in [0.2, 0.25) is 0 Å². The first-order valence-corrected chi connectivity index (χ1v) is 13.4.